The maximum Gasteiger partial charge on any atom is 0.293 e. The van der Waals surface area contributed by atoms with Crippen molar-refractivity contribution < 1.29 is 33.4 Å². The minimum absolute atomic E-state index is 0.0993. The molecule has 29 heavy (non-hydrogen) atoms. The SMILES string of the molecule is CC(C)(C)OC=O.CCOc1cccc2c1C(=O)N(C1CCC(=O)NC1=O)C2=O. The molecule has 0 radical (unpaired) electrons. The van der Waals surface area contributed by atoms with Crippen LogP contribution in [0.1, 0.15) is 61.3 Å². The Hall–Kier alpha value is -3.23. The highest BCUT2D eigenvalue weighted by Gasteiger charge is 2.45. The first-order valence-corrected chi connectivity index (χ1v) is 9.19. The number of imide groups is 2. The molecule has 0 bridgehead atoms. The average Bonchev–Trinajstić information content (AvgIpc) is 2.87. The first-order chi connectivity index (χ1) is 13.6. The normalized spacial score (nSPS) is 18.5. The predicted molar refractivity (Wildman–Crippen MR) is 101 cm³/mol. The summed E-state index contributed by atoms with van der Waals surface area (Å²) >= 11 is 0. The Kier molecular flexibility index (Phi) is 6.73. The van der Waals surface area contributed by atoms with Crippen molar-refractivity contribution in [3.8, 4) is 5.75 Å². The van der Waals surface area contributed by atoms with Gasteiger partial charge in [0.25, 0.3) is 18.3 Å². The molecule has 0 aliphatic carbocycles. The first kappa shape index (κ1) is 22.1. The van der Waals surface area contributed by atoms with Crippen LogP contribution < -0.4 is 10.1 Å². The third-order valence-corrected chi connectivity index (χ3v) is 4.13. The lowest BCUT2D eigenvalue weighted by atomic mass is 10.0. The zero-order valence-electron chi connectivity index (χ0n) is 16.8. The Balaban J connectivity index is 0.000000370. The monoisotopic (exact) mass is 404 g/mol. The van der Waals surface area contributed by atoms with Crippen LogP contribution in [0.3, 0.4) is 0 Å². The van der Waals surface area contributed by atoms with Crippen molar-refractivity contribution in [2.45, 2.75) is 52.2 Å². The van der Waals surface area contributed by atoms with Crippen molar-refractivity contribution in [3.05, 3.63) is 29.3 Å². The minimum atomic E-state index is -0.959. The van der Waals surface area contributed by atoms with Crippen molar-refractivity contribution in [2.75, 3.05) is 6.61 Å². The van der Waals surface area contributed by atoms with E-state index in [1.54, 1.807) is 19.1 Å². The Morgan fingerprint density at radius 2 is 1.86 bits per heavy atom. The molecule has 1 aromatic carbocycles. The topological polar surface area (TPSA) is 119 Å². The lowest BCUT2D eigenvalue weighted by molar-refractivity contribution is -0.139. The molecular weight excluding hydrogens is 380 g/mol. The summed E-state index contributed by atoms with van der Waals surface area (Å²) in [5, 5.41) is 2.16. The van der Waals surface area contributed by atoms with Crippen LogP contribution in [0.2, 0.25) is 0 Å². The van der Waals surface area contributed by atoms with Crippen molar-refractivity contribution in [1.29, 1.82) is 0 Å². The molecule has 156 valence electrons. The highest BCUT2D eigenvalue weighted by atomic mass is 16.5. The van der Waals surface area contributed by atoms with Crippen LogP contribution in [0.15, 0.2) is 18.2 Å². The van der Waals surface area contributed by atoms with Gasteiger partial charge in [-0.1, -0.05) is 6.07 Å². The van der Waals surface area contributed by atoms with Crippen LogP contribution >= 0.6 is 0 Å². The molecule has 0 aromatic heterocycles. The number of nitrogens with one attached hydrogen (secondary N) is 1. The second kappa shape index (κ2) is 8.85. The molecule has 2 aliphatic rings. The van der Waals surface area contributed by atoms with E-state index in [1.165, 1.54) is 6.07 Å². The summed E-state index contributed by atoms with van der Waals surface area (Å²) in [5.74, 6) is -1.78. The van der Waals surface area contributed by atoms with E-state index in [0.29, 0.717) is 18.8 Å². The maximum atomic E-state index is 12.6. The van der Waals surface area contributed by atoms with Gasteiger partial charge in [0.1, 0.15) is 17.4 Å². The number of hydrogen-bond donors (Lipinski definition) is 1. The van der Waals surface area contributed by atoms with Crippen LogP contribution in [0.5, 0.6) is 5.75 Å². The average molecular weight is 404 g/mol. The Morgan fingerprint density at radius 1 is 1.17 bits per heavy atom. The molecule has 3 rings (SSSR count). The van der Waals surface area contributed by atoms with Gasteiger partial charge in [0.2, 0.25) is 11.8 Å². The third-order valence-electron chi connectivity index (χ3n) is 4.13. The number of hydrogen-bond acceptors (Lipinski definition) is 7. The number of nitrogens with zero attached hydrogens (tertiary/aromatic N) is 1. The zero-order chi connectivity index (χ0) is 21.8. The molecule has 1 aromatic rings. The lowest BCUT2D eigenvalue weighted by Gasteiger charge is -2.27. The number of piperidine rings is 1. The fraction of sp³-hybridized carbons (Fsp3) is 0.450. The van der Waals surface area contributed by atoms with E-state index in [4.69, 9.17) is 4.74 Å². The molecule has 2 heterocycles. The van der Waals surface area contributed by atoms with Gasteiger partial charge in [0.05, 0.1) is 17.7 Å². The van der Waals surface area contributed by atoms with Crippen LogP contribution in [0, 0.1) is 0 Å². The van der Waals surface area contributed by atoms with E-state index in [-0.39, 0.29) is 29.6 Å². The van der Waals surface area contributed by atoms with Crippen molar-refractivity contribution in [2.24, 2.45) is 0 Å². The van der Waals surface area contributed by atoms with Crippen LogP contribution in [-0.2, 0) is 19.1 Å². The van der Waals surface area contributed by atoms with Gasteiger partial charge in [-0.2, -0.15) is 0 Å². The minimum Gasteiger partial charge on any atom is -0.493 e. The van der Waals surface area contributed by atoms with E-state index >= 15 is 0 Å². The quantitative estimate of drug-likeness (QED) is 0.596. The Morgan fingerprint density at radius 3 is 2.38 bits per heavy atom. The molecule has 9 heteroatoms. The predicted octanol–water partition coefficient (Wildman–Crippen LogP) is 1.44. The number of fused-ring (bicyclic) bond motifs is 1. The molecule has 1 fully saturated rings. The van der Waals surface area contributed by atoms with E-state index in [9.17, 15) is 24.0 Å². The molecule has 0 saturated carbocycles. The summed E-state index contributed by atoms with van der Waals surface area (Å²) in [6.45, 7) is 8.05. The summed E-state index contributed by atoms with van der Waals surface area (Å²) in [4.78, 5) is 58.7. The number of ether oxygens (including phenoxy) is 2. The van der Waals surface area contributed by atoms with Crippen LogP contribution in [0.25, 0.3) is 0 Å². The lowest BCUT2D eigenvalue weighted by Crippen LogP contribution is -2.54. The highest BCUT2D eigenvalue weighted by molar-refractivity contribution is 6.24. The second-order valence-corrected chi connectivity index (χ2v) is 7.39. The van der Waals surface area contributed by atoms with E-state index in [1.807, 2.05) is 20.8 Å². The largest absolute Gasteiger partial charge is 0.493 e. The number of amides is 4. The molecule has 1 N–H and O–H groups in total. The maximum absolute atomic E-state index is 12.6. The Bertz CT molecular complexity index is 842. The second-order valence-electron chi connectivity index (χ2n) is 7.39. The third kappa shape index (κ3) is 4.98. The van der Waals surface area contributed by atoms with Gasteiger partial charge >= 0.3 is 0 Å². The molecule has 1 atom stereocenters. The number of rotatable bonds is 4. The zero-order valence-corrected chi connectivity index (χ0v) is 16.8. The van der Waals surface area contributed by atoms with E-state index in [2.05, 4.69) is 10.1 Å². The van der Waals surface area contributed by atoms with Gasteiger partial charge in [0, 0.05) is 6.42 Å². The summed E-state index contributed by atoms with van der Waals surface area (Å²) in [6, 6.07) is 3.81. The summed E-state index contributed by atoms with van der Waals surface area (Å²) < 4.78 is 9.94. The van der Waals surface area contributed by atoms with E-state index in [0.717, 1.165) is 4.90 Å². The molecule has 9 nitrogen and oxygen atoms in total. The fourth-order valence-electron chi connectivity index (χ4n) is 2.90. The van der Waals surface area contributed by atoms with Crippen molar-refractivity contribution in [1.82, 2.24) is 10.2 Å². The molecule has 1 saturated heterocycles. The number of carbonyl (C=O) groups is 5. The van der Waals surface area contributed by atoms with E-state index < -0.39 is 29.7 Å². The van der Waals surface area contributed by atoms with Crippen LogP contribution in [0.4, 0.5) is 0 Å². The summed E-state index contributed by atoms with van der Waals surface area (Å²) in [7, 11) is 0. The molecule has 0 spiro atoms. The van der Waals surface area contributed by atoms with Gasteiger partial charge in [-0.25, -0.2) is 0 Å². The fourth-order valence-corrected chi connectivity index (χ4v) is 2.90. The number of carbonyl (C=O) groups excluding carboxylic acids is 5. The van der Waals surface area contributed by atoms with Gasteiger partial charge in [-0.15, -0.1) is 0 Å². The summed E-state index contributed by atoms with van der Waals surface area (Å²) in [6.07, 6.45) is 0.238. The van der Waals surface area contributed by atoms with Gasteiger partial charge in [-0.05, 0) is 46.2 Å². The summed E-state index contributed by atoms with van der Waals surface area (Å²) in [5.41, 5.74) is 0.0848. The van der Waals surface area contributed by atoms with Crippen molar-refractivity contribution in [3.63, 3.8) is 0 Å². The smallest absolute Gasteiger partial charge is 0.293 e. The molecular formula is C20H24N2O7. The van der Waals surface area contributed by atoms with Gasteiger partial charge in [0.15, 0.2) is 0 Å². The van der Waals surface area contributed by atoms with Gasteiger partial charge in [-0.3, -0.25) is 34.2 Å². The molecule has 4 amide bonds. The van der Waals surface area contributed by atoms with Crippen LogP contribution in [-0.4, -0.2) is 53.3 Å². The number of benzene rings is 1. The first-order valence-electron chi connectivity index (χ1n) is 9.19. The van der Waals surface area contributed by atoms with Crippen molar-refractivity contribution >= 4 is 30.1 Å². The van der Waals surface area contributed by atoms with Gasteiger partial charge < -0.3 is 9.47 Å². The highest BCUT2D eigenvalue weighted by Crippen LogP contribution is 2.33. The standard InChI is InChI=1S/C15H14N2O5.C5H10O2/c1-2-22-10-5-3-4-8-12(10)15(21)17(14(8)20)9-6-7-11(18)16-13(9)19;1-5(2,3)7-4-6/h3-5,9H,2,6-7H2,1H3,(H,16,18,19);4H,1-3H3. The molecule has 1 unspecified atom stereocenters. The molecule has 2 aliphatic heterocycles. The Labute approximate surface area is 168 Å².